The second kappa shape index (κ2) is 4.78. The van der Waals surface area contributed by atoms with E-state index in [0.717, 1.165) is 19.4 Å². The number of amides is 1. The zero-order valence-electron chi connectivity index (χ0n) is 9.71. The lowest BCUT2D eigenvalue weighted by Crippen LogP contribution is -2.47. The first-order chi connectivity index (χ1) is 6.52. The van der Waals surface area contributed by atoms with E-state index in [0.29, 0.717) is 6.04 Å². The summed E-state index contributed by atoms with van der Waals surface area (Å²) in [5, 5.41) is 2.99. The van der Waals surface area contributed by atoms with Gasteiger partial charge in [-0.25, -0.2) is 0 Å². The lowest BCUT2D eigenvalue weighted by atomic mass is 10.2. The van der Waals surface area contributed by atoms with Crippen LogP contribution in [0.25, 0.3) is 0 Å². The van der Waals surface area contributed by atoms with E-state index in [1.165, 1.54) is 0 Å². The maximum atomic E-state index is 11.8. The summed E-state index contributed by atoms with van der Waals surface area (Å²) in [5.74, 6) is 0.200. The van der Waals surface area contributed by atoms with Gasteiger partial charge in [0.25, 0.3) is 0 Å². The number of hydrogen-bond donors (Lipinski definition) is 1. The Morgan fingerprint density at radius 3 is 2.50 bits per heavy atom. The molecule has 0 bridgehead atoms. The predicted molar refractivity (Wildman–Crippen MR) is 58.1 cm³/mol. The summed E-state index contributed by atoms with van der Waals surface area (Å²) < 4.78 is 0. The molecule has 0 aliphatic carbocycles. The first-order valence-electron chi connectivity index (χ1n) is 5.58. The maximum absolute atomic E-state index is 11.8. The summed E-state index contributed by atoms with van der Waals surface area (Å²) in [6, 6.07) is 0.829. The lowest BCUT2D eigenvalue weighted by molar-refractivity contribution is -0.126. The van der Waals surface area contributed by atoms with Crippen molar-refractivity contribution in [3.8, 4) is 0 Å². The van der Waals surface area contributed by atoms with Crippen molar-refractivity contribution in [1.82, 2.24) is 10.2 Å². The van der Waals surface area contributed by atoms with Crippen molar-refractivity contribution in [3.63, 3.8) is 0 Å². The third-order valence-corrected chi connectivity index (χ3v) is 2.69. The summed E-state index contributed by atoms with van der Waals surface area (Å²) in [6.07, 6.45) is 2.16. The van der Waals surface area contributed by atoms with Crippen LogP contribution in [0.5, 0.6) is 0 Å². The SMILES string of the molecule is CC(C)NC(=O)[C@@H]1CCCN1C(C)C. The molecule has 1 heterocycles. The standard InChI is InChI=1S/C11H22N2O/c1-8(2)12-11(14)10-6-5-7-13(10)9(3)4/h8-10H,5-7H2,1-4H3,(H,12,14)/t10-/m0/s1. The molecule has 0 unspecified atom stereocenters. The van der Waals surface area contributed by atoms with Crippen LogP contribution in [0.3, 0.4) is 0 Å². The van der Waals surface area contributed by atoms with Crippen LogP contribution in [0.2, 0.25) is 0 Å². The van der Waals surface area contributed by atoms with Gasteiger partial charge < -0.3 is 5.32 Å². The van der Waals surface area contributed by atoms with E-state index >= 15 is 0 Å². The zero-order valence-corrected chi connectivity index (χ0v) is 9.71. The van der Waals surface area contributed by atoms with E-state index in [-0.39, 0.29) is 18.0 Å². The highest BCUT2D eigenvalue weighted by molar-refractivity contribution is 5.82. The Morgan fingerprint density at radius 2 is 2.00 bits per heavy atom. The highest BCUT2D eigenvalue weighted by atomic mass is 16.2. The van der Waals surface area contributed by atoms with Crippen molar-refractivity contribution >= 4 is 5.91 Å². The first-order valence-corrected chi connectivity index (χ1v) is 5.58. The molecule has 1 atom stereocenters. The van der Waals surface area contributed by atoms with Gasteiger partial charge in [0, 0.05) is 12.1 Å². The second-order valence-corrected chi connectivity index (χ2v) is 4.65. The molecule has 1 aliphatic heterocycles. The molecule has 0 radical (unpaired) electrons. The zero-order chi connectivity index (χ0) is 10.7. The average molecular weight is 198 g/mol. The Bertz CT molecular complexity index is 201. The Labute approximate surface area is 86.9 Å². The minimum atomic E-state index is 0.109. The van der Waals surface area contributed by atoms with Crippen LogP contribution in [-0.4, -0.2) is 35.5 Å². The van der Waals surface area contributed by atoms with E-state index in [1.54, 1.807) is 0 Å². The van der Waals surface area contributed by atoms with E-state index in [1.807, 2.05) is 13.8 Å². The number of likely N-dealkylation sites (tertiary alicyclic amines) is 1. The summed E-state index contributed by atoms with van der Waals surface area (Å²) >= 11 is 0. The monoisotopic (exact) mass is 198 g/mol. The number of rotatable bonds is 3. The Hall–Kier alpha value is -0.570. The van der Waals surface area contributed by atoms with Crippen LogP contribution in [-0.2, 0) is 4.79 Å². The molecule has 1 amide bonds. The molecular weight excluding hydrogens is 176 g/mol. The molecule has 82 valence electrons. The fourth-order valence-electron chi connectivity index (χ4n) is 2.07. The number of nitrogens with one attached hydrogen (secondary N) is 1. The van der Waals surface area contributed by atoms with Gasteiger partial charge in [0.05, 0.1) is 6.04 Å². The second-order valence-electron chi connectivity index (χ2n) is 4.65. The van der Waals surface area contributed by atoms with Crippen LogP contribution in [0, 0.1) is 0 Å². The molecule has 1 saturated heterocycles. The first kappa shape index (κ1) is 11.5. The van der Waals surface area contributed by atoms with Crippen molar-refractivity contribution in [2.24, 2.45) is 0 Å². The van der Waals surface area contributed by atoms with E-state index in [4.69, 9.17) is 0 Å². The van der Waals surface area contributed by atoms with Crippen LogP contribution in [0.4, 0.5) is 0 Å². The van der Waals surface area contributed by atoms with E-state index in [2.05, 4.69) is 24.1 Å². The predicted octanol–water partition coefficient (Wildman–Crippen LogP) is 1.38. The normalized spacial score (nSPS) is 23.4. The molecule has 0 aromatic heterocycles. The molecule has 0 saturated carbocycles. The summed E-state index contributed by atoms with van der Waals surface area (Å²) in [5.41, 5.74) is 0. The van der Waals surface area contributed by atoms with E-state index in [9.17, 15) is 4.79 Å². The fourth-order valence-corrected chi connectivity index (χ4v) is 2.07. The van der Waals surface area contributed by atoms with Crippen LogP contribution in [0.1, 0.15) is 40.5 Å². The van der Waals surface area contributed by atoms with Gasteiger partial charge in [-0.05, 0) is 47.1 Å². The molecule has 1 rings (SSSR count). The number of hydrogen-bond acceptors (Lipinski definition) is 2. The topological polar surface area (TPSA) is 32.3 Å². The highest BCUT2D eigenvalue weighted by Gasteiger charge is 2.32. The van der Waals surface area contributed by atoms with Gasteiger partial charge in [0.1, 0.15) is 0 Å². The van der Waals surface area contributed by atoms with Gasteiger partial charge >= 0.3 is 0 Å². The number of carbonyl (C=O) groups excluding carboxylic acids is 1. The number of nitrogens with zero attached hydrogens (tertiary/aromatic N) is 1. The van der Waals surface area contributed by atoms with Crippen LogP contribution < -0.4 is 5.32 Å². The third kappa shape index (κ3) is 2.71. The van der Waals surface area contributed by atoms with Gasteiger partial charge in [-0.2, -0.15) is 0 Å². The molecule has 1 fully saturated rings. The molecule has 1 N–H and O–H groups in total. The summed E-state index contributed by atoms with van der Waals surface area (Å²) in [7, 11) is 0. The van der Waals surface area contributed by atoms with Crippen LogP contribution in [0.15, 0.2) is 0 Å². The molecule has 3 nitrogen and oxygen atoms in total. The minimum absolute atomic E-state index is 0.109. The van der Waals surface area contributed by atoms with Gasteiger partial charge in [-0.15, -0.1) is 0 Å². The lowest BCUT2D eigenvalue weighted by Gasteiger charge is -2.27. The average Bonchev–Trinajstić information content (AvgIpc) is 2.49. The highest BCUT2D eigenvalue weighted by Crippen LogP contribution is 2.19. The van der Waals surface area contributed by atoms with Gasteiger partial charge in [-0.3, -0.25) is 9.69 Å². The molecule has 14 heavy (non-hydrogen) atoms. The van der Waals surface area contributed by atoms with Gasteiger partial charge in [-0.1, -0.05) is 0 Å². The van der Waals surface area contributed by atoms with Crippen LogP contribution >= 0.6 is 0 Å². The molecule has 3 heteroatoms. The minimum Gasteiger partial charge on any atom is -0.353 e. The number of carbonyl (C=O) groups is 1. The van der Waals surface area contributed by atoms with Gasteiger partial charge in [0.15, 0.2) is 0 Å². The molecule has 0 spiro atoms. The largest absolute Gasteiger partial charge is 0.353 e. The summed E-state index contributed by atoms with van der Waals surface area (Å²) in [4.78, 5) is 14.1. The van der Waals surface area contributed by atoms with Crippen molar-refractivity contribution in [3.05, 3.63) is 0 Å². The van der Waals surface area contributed by atoms with Crippen molar-refractivity contribution in [1.29, 1.82) is 0 Å². The maximum Gasteiger partial charge on any atom is 0.237 e. The third-order valence-electron chi connectivity index (χ3n) is 2.69. The smallest absolute Gasteiger partial charge is 0.237 e. The van der Waals surface area contributed by atoms with Crippen molar-refractivity contribution in [2.75, 3.05) is 6.54 Å². The van der Waals surface area contributed by atoms with Gasteiger partial charge in [0.2, 0.25) is 5.91 Å². The molecule has 0 aromatic rings. The summed E-state index contributed by atoms with van der Waals surface area (Å²) in [6.45, 7) is 9.38. The van der Waals surface area contributed by atoms with Crippen molar-refractivity contribution < 1.29 is 4.79 Å². The van der Waals surface area contributed by atoms with Crippen molar-refractivity contribution in [2.45, 2.75) is 58.7 Å². The fraction of sp³-hybridized carbons (Fsp3) is 0.909. The Balaban J connectivity index is 2.53. The molecular formula is C11H22N2O. The molecule has 0 aromatic carbocycles. The van der Waals surface area contributed by atoms with E-state index < -0.39 is 0 Å². The Kier molecular flexibility index (Phi) is 3.93. The quantitative estimate of drug-likeness (QED) is 0.743. The Morgan fingerprint density at radius 1 is 1.36 bits per heavy atom. The molecule has 1 aliphatic rings.